The molecule has 98 valence electrons. The molecule has 0 bridgehead atoms. The Morgan fingerprint density at radius 3 is 3.17 bits per heavy atom. The fourth-order valence-corrected chi connectivity index (χ4v) is 3.24. The van der Waals surface area contributed by atoms with Crippen LogP contribution in [-0.2, 0) is 13.1 Å². The Labute approximate surface area is 109 Å². The van der Waals surface area contributed by atoms with E-state index < -0.39 is 0 Å². The first-order valence-corrected chi connectivity index (χ1v) is 6.96. The Bertz CT molecular complexity index is 407. The molecule has 2 aliphatic heterocycles. The number of hydrogen-bond donors (Lipinski definition) is 1. The SMILES string of the molecule is NCc1ncccc1CN1CCN2CCCC2C1. The summed E-state index contributed by atoms with van der Waals surface area (Å²) in [4.78, 5) is 9.57. The summed E-state index contributed by atoms with van der Waals surface area (Å²) in [5.41, 5.74) is 8.10. The van der Waals surface area contributed by atoms with Gasteiger partial charge >= 0.3 is 0 Å². The molecule has 1 aromatic heterocycles. The molecule has 4 nitrogen and oxygen atoms in total. The normalized spacial score (nSPS) is 25.3. The van der Waals surface area contributed by atoms with Crippen molar-refractivity contribution >= 4 is 0 Å². The van der Waals surface area contributed by atoms with Crippen molar-refractivity contribution in [1.29, 1.82) is 0 Å². The largest absolute Gasteiger partial charge is 0.325 e. The van der Waals surface area contributed by atoms with E-state index in [1.807, 2.05) is 12.3 Å². The number of nitrogens with two attached hydrogens (primary N) is 1. The van der Waals surface area contributed by atoms with Gasteiger partial charge in [0.25, 0.3) is 0 Å². The number of aromatic nitrogens is 1. The predicted octanol–water partition coefficient (Wildman–Crippen LogP) is 0.820. The number of hydrogen-bond acceptors (Lipinski definition) is 4. The van der Waals surface area contributed by atoms with E-state index in [0.29, 0.717) is 6.54 Å². The van der Waals surface area contributed by atoms with Crippen LogP contribution in [0.1, 0.15) is 24.1 Å². The molecular weight excluding hydrogens is 224 g/mol. The summed E-state index contributed by atoms with van der Waals surface area (Å²) in [6.07, 6.45) is 4.58. The van der Waals surface area contributed by atoms with Gasteiger partial charge in [-0.05, 0) is 31.0 Å². The van der Waals surface area contributed by atoms with E-state index in [9.17, 15) is 0 Å². The highest BCUT2D eigenvalue weighted by atomic mass is 15.3. The second-order valence-corrected chi connectivity index (χ2v) is 5.38. The third-order valence-corrected chi connectivity index (χ3v) is 4.24. The third-order valence-electron chi connectivity index (χ3n) is 4.24. The van der Waals surface area contributed by atoms with Gasteiger partial charge in [0.15, 0.2) is 0 Å². The molecule has 0 amide bonds. The van der Waals surface area contributed by atoms with Crippen LogP contribution in [0.4, 0.5) is 0 Å². The standard InChI is InChI=1S/C14H22N4/c15-9-14-12(3-1-5-16-14)10-17-7-8-18-6-2-4-13(18)11-17/h1,3,5,13H,2,4,6-11,15H2. The summed E-state index contributed by atoms with van der Waals surface area (Å²) in [5.74, 6) is 0. The molecule has 1 aromatic rings. The zero-order chi connectivity index (χ0) is 12.4. The maximum absolute atomic E-state index is 5.75. The van der Waals surface area contributed by atoms with Crippen LogP contribution in [0.15, 0.2) is 18.3 Å². The van der Waals surface area contributed by atoms with Crippen LogP contribution >= 0.6 is 0 Å². The topological polar surface area (TPSA) is 45.4 Å². The van der Waals surface area contributed by atoms with Crippen molar-refractivity contribution in [3.63, 3.8) is 0 Å². The van der Waals surface area contributed by atoms with Crippen LogP contribution in [0.2, 0.25) is 0 Å². The lowest BCUT2D eigenvalue weighted by Crippen LogP contribution is -2.49. The molecule has 0 aromatic carbocycles. The van der Waals surface area contributed by atoms with Gasteiger partial charge in [0.2, 0.25) is 0 Å². The predicted molar refractivity (Wildman–Crippen MR) is 72.0 cm³/mol. The van der Waals surface area contributed by atoms with E-state index in [1.54, 1.807) is 0 Å². The highest BCUT2D eigenvalue weighted by Gasteiger charge is 2.30. The number of rotatable bonds is 3. The van der Waals surface area contributed by atoms with Crippen molar-refractivity contribution in [2.24, 2.45) is 5.73 Å². The van der Waals surface area contributed by atoms with Crippen LogP contribution in [0.5, 0.6) is 0 Å². The molecule has 0 spiro atoms. The van der Waals surface area contributed by atoms with E-state index >= 15 is 0 Å². The molecule has 4 heteroatoms. The Morgan fingerprint density at radius 1 is 1.33 bits per heavy atom. The maximum atomic E-state index is 5.75. The zero-order valence-corrected chi connectivity index (χ0v) is 10.9. The lowest BCUT2D eigenvalue weighted by atomic mass is 10.1. The van der Waals surface area contributed by atoms with Gasteiger partial charge in [-0.15, -0.1) is 0 Å². The molecule has 3 rings (SSSR count). The quantitative estimate of drug-likeness (QED) is 0.857. The van der Waals surface area contributed by atoms with Crippen LogP contribution in [0.3, 0.4) is 0 Å². The highest BCUT2D eigenvalue weighted by molar-refractivity contribution is 5.19. The minimum Gasteiger partial charge on any atom is -0.325 e. The molecule has 2 fully saturated rings. The lowest BCUT2D eigenvalue weighted by Gasteiger charge is -2.37. The number of pyridine rings is 1. The molecule has 18 heavy (non-hydrogen) atoms. The first kappa shape index (κ1) is 12.1. The molecule has 0 saturated carbocycles. The van der Waals surface area contributed by atoms with Crippen LogP contribution < -0.4 is 5.73 Å². The minimum absolute atomic E-state index is 0.541. The summed E-state index contributed by atoms with van der Waals surface area (Å²) >= 11 is 0. The summed E-state index contributed by atoms with van der Waals surface area (Å²) < 4.78 is 0. The van der Waals surface area contributed by atoms with Crippen molar-refractivity contribution in [1.82, 2.24) is 14.8 Å². The Morgan fingerprint density at radius 2 is 2.28 bits per heavy atom. The molecular formula is C14H22N4. The lowest BCUT2D eigenvalue weighted by molar-refractivity contribution is 0.0991. The molecule has 0 aliphatic carbocycles. The first-order chi connectivity index (χ1) is 8.86. The van der Waals surface area contributed by atoms with Gasteiger partial charge in [-0.1, -0.05) is 6.07 Å². The first-order valence-electron chi connectivity index (χ1n) is 6.96. The smallest absolute Gasteiger partial charge is 0.0584 e. The van der Waals surface area contributed by atoms with Gasteiger partial charge in [-0.25, -0.2) is 0 Å². The van der Waals surface area contributed by atoms with Crippen molar-refractivity contribution in [3.8, 4) is 0 Å². The van der Waals surface area contributed by atoms with E-state index in [0.717, 1.165) is 18.3 Å². The third kappa shape index (κ3) is 2.41. The summed E-state index contributed by atoms with van der Waals surface area (Å²) in [6, 6.07) is 4.97. The van der Waals surface area contributed by atoms with Gasteiger partial charge in [0.1, 0.15) is 0 Å². The van der Waals surface area contributed by atoms with Crippen LogP contribution in [0, 0.1) is 0 Å². The Balaban J connectivity index is 1.66. The van der Waals surface area contributed by atoms with Gasteiger partial charge in [0.05, 0.1) is 5.69 Å². The van der Waals surface area contributed by atoms with Crippen LogP contribution in [0.25, 0.3) is 0 Å². The maximum Gasteiger partial charge on any atom is 0.0584 e. The molecule has 0 radical (unpaired) electrons. The number of nitrogens with zero attached hydrogens (tertiary/aromatic N) is 3. The molecule has 1 atom stereocenters. The second kappa shape index (κ2) is 5.34. The minimum atomic E-state index is 0.541. The monoisotopic (exact) mass is 246 g/mol. The summed E-state index contributed by atoms with van der Waals surface area (Å²) in [5, 5.41) is 0. The fraction of sp³-hybridized carbons (Fsp3) is 0.643. The number of fused-ring (bicyclic) bond motifs is 1. The van der Waals surface area contributed by atoms with Crippen molar-refractivity contribution in [2.75, 3.05) is 26.2 Å². The van der Waals surface area contributed by atoms with Gasteiger partial charge < -0.3 is 5.73 Å². The van der Waals surface area contributed by atoms with Crippen molar-refractivity contribution < 1.29 is 0 Å². The molecule has 2 saturated heterocycles. The van der Waals surface area contributed by atoms with Gasteiger partial charge in [-0.3, -0.25) is 14.8 Å². The van der Waals surface area contributed by atoms with Gasteiger partial charge in [-0.2, -0.15) is 0 Å². The highest BCUT2D eigenvalue weighted by Crippen LogP contribution is 2.22. The van der Waals surface area contributed by atoms with E-state index in [2.05, 4.69) is 20.9 Å². The van der Waals surface area contributed by atoms with E-state index in [-0.39, 0.29) is 0 Å². The second-order valence-electron chi connectivity index (χ2n) is 5.38. The number of piperazine rings is 1. The van der Waals surface area contributed by atoms with E-state index in [1.165, 1.54) is 44.6 Å². The van der Waals surface area contributed by atoms with Crippen LogP contribution in [-0.4, -0.2) is 47.0 Å². The molecule has 1 unspecified atom stereocenters. The van der Waals surface area contributed by atoms with E-state index in [4.69, 9.17) is 5.73 Å². The van der Waals surface area contributed by atoms with Crippen molar-refractivity contribution in [2.45, 2.75) is 32.0 Å². The molecule has 3 heterocycles. The Kier molecular flexibility index (Phi) is 3.59. The molecule has 2 aliphatic rings. The summed E-state index contributed by atoms with van der Waals surface area (Å²) in [6.45, 7) is 6.46. The molecule has 2 N–H and O–H groups in total. The average Bonchev–Trinajstić information content (AvgIpc) is 2.87. The Hall–Kier alpha value is -0.970. The van der Waals surface area contributed by atoms with Gasteiger partial charge in [0, 0.05) is 45.0 Å². The van der Waals surface area contributed by atoms with Crippen molar-refractivity contribution in [3.05, 3.63) is 29.6 Å². The summed E-state index contributed by atoms with van der Waals surface area (Å²) in [7, 11) is 0. The average molecular weight is 246 g/mol. The fourth-order valence-electron chi connectivity index (χ4n) is 3.24. The zero-order valence-electron chi connectivity index (χ0n) is 10.9.